The fourth-order valence-electron chi connectivity index (χ4n) is 3.77. The topological polar surface area (TPSA) is 70.2 Å². The zero-order chi connectivity index (χ0) is 19.8. The third-order valence-corrected chi connectivity index (χ3v) is 5.49. The molecule has 28 heavy (non-hydrogen) atoms. The first-order chi connectivity index (χ1) is 13.4. The van der Waals surface area contributed by atoms with Crippen molar-refractivity contribution in [2.24, 2.45) is 0 Å². The van der Waals surface area contributed by atoms with Gasteiger partial charge in [-0.2, -0.15) is 5.10 Å². The molecule has 0 unspecified atom stereocenters. The Morgan fingerprint density at radius 1 is 1.11 bits per heavy atom. The van der Waals surface area contributed by atoms with E-state index in [4.69, 9.17) is 4.74 Å². The van der Waals surface area contributed by atoms with Crippen LogP contribution in [0, 0.1) is 0 Å². The Morgan fingerprint density at radius 2 is 1.86 bits per heavy atom. The quantitative estimate of drug-likeness (QED) is 0.749. The molecule has 0 radical (unpaired) electrons. The van der Waals surface area contributed by atoms with Gasteiger partial charge in [-0.3, -0.25) is 10.00 Å². The first-order valence-corrected chi connectivity index (χ1v) is 9.86. The van der Waals surface area contributed by atoms with Gasteiger partial charge < -0.3 is 9.64 Å². The first kappa shape index (κ1) is 18.7. The van der Waals surface area contributed by atoms with E-state index >= 15 is 0 Å². The number of rotatable bonds is 4. The number of fused-ring (bicyclic) bond motifs is 1. The van der Waals surface area contributed by atoms with E-state index in [2.05, 4.69) is 50.9 Å². The van der Waals surface area contributed by atoms with Crippen molar-refractivity contribution < 1.29 is 4.74 Å². The second-order valence-corrected chi connectivity index (χ2v) is 7.98. The monoisotopic (exact) mass is 380 g/mol. The van der Waals surface area contributed by atoms with Gasteiger partial charge in [0.1, 0.15) is 23.6 Å². The van der Waals surface area contributed by atoms with Crippen LogP contribution in [0.2, 0.25) is 0 Å². The highest BCUT2D eigenvalue weighted by atomic mass is 16.5. The van der Waals surface area contributed by atoms with Crippen LogP contribution in [0.1, 0.15) is 27.7 Å². The Hall–Kier alpha value is -2.67. The number of anilines is 1. The molecule has 4 rings (SSSR count). The summed E-state index contributed by atoms with van der Waals surface area (Å²) in [5, 5.41) is 8.62. The minimum absolute atomic E-state index is 0.125. The van der Waals surface area contributed by atoms with Crippen molar-refractivity contribution in [1.29, 1.82) is 0 Å². The minimum atomic E-state index is 0.125. The van der Waals surface area contributed by atoms with Gasteiger partial charge in [0.2, 0.25) is 0 Å². The predicted octanol–water partition coefficient (Wildman–Crippen LogP) is 3.34. The number of hydrogen-bond acceptors (Lipinski definition) is 6. The summed E-state index contributed by atoms with van der Waals surface area (Å²) in [4.78, 5) is 13.8. The molecular formula is C21H28N6O. The summed E-state index contributed by atoms with van der Waals surface area (Å²) in [7, 11) is 2.19. The van der Waals surface area contributed by atoms with Gasteiger partial charge in [0, 0.05) is 36.6 Å². The van der Waals surface area contributed by atoms with E-state index in [0.29, 0.717) is 12.1 Å². The Balaban J connectivity index is 1.68. The number of benzene rings is 1. The van der Waals surface area contributed by atoms with Crippen LogP contribution < -0.4 is 9.64 Å². The van der Waals surface area contributed by atoms with Crippen LogP contribution in [0.15, 0.2) is 30.6 Å². The van der Waals surface area contributed by atoms with E-state index in [1.54, 1.807) is 6.33 Å². The predicted molar refractivity (Wildman–Crippen MR) is 112 cm³/mol. The molecule has 0 spiro atoms. The fraction of sp³-hybridized carbons (Fsp3) is 0.476. The van der Waals surface area contributed by atoms with Gasteiger partial charge in [0.15, 0.2) is 0 Å². The maximum atomic E-state index is 5.85. The minimum Gasteiger partial charge on any atom is -0.491 e. The lowest BCUT2D eigenvalue weighted by Gasteiger charge is -2.42. The van der Waals surface area contributed by atoms with Crippen LogP contribution in [-0.4, -0.2) is 63.4 Å². The molecule has 2 atom stereocenters. The Labute approximate surface area is 165 Å². The van der Waals surface area contributed by atoms with Crippen LogP contribution in [0.4, 0.5) is 5.82 Å². The summed E-state index contributed by atoms with van der Waals surface area (Å²) < 4.78 is 5.85. The molecule has 1 saturated heterocycles. The Kier molecular flexibility index (Phi) is 4.93. The third-order valence-electron chi connectivity index (χ3n) is 5.49. The maximum absolute atomic E-state index is 5.85. The van der Waals surface area contributed by atoms with Gasteiger partial charge in [-0.25, -0.2) is 9.97 Å². The lowest BCUT2D eigenvalue weighted by Crippen LogP contribution is -2.55. The summed E-state index contributed by atoms with van der Waals surface area (Å²) in [6.45, 7) is 10.4. The van der Waals surface area contributed by atoms with Gasteiger partial charge in [-0.05, 0) is 52.9 Å². The van der Waals surface area contributed by atoms with Crippen molar-refractivity contribution in [2.75, 3.05) is 25.0 Å². The van der Waals surface area contributed by atoms with Crippen molar-refractivity contribution in [3.8, 4) is 17.1 Å². The number of aromatic amines is 1. The van der Waals surface area contributed by atoms with Crippen LogP contribution in [-0.2, 0) is 0 Å². The van der Waals surface area contributed by atoms with Crippen LogP contribution in [0.5, 0.6) is 5.75 Å². The first-order valence-electron chi connectivity index (χ1n) is 9.86. The Bertz CT molecular complexity index is 956. The van der Waals surface area contributed by atoms with Gasteiger partial charge in [-0.15, -0.1) is 0 Å². The summed E-state index contributed by atoms with van der Waals surface area (Å²) in [6, 6.07) is 8.97. The second-order valence-electron chi connectivity index (χ2n) is 7.98. The lowest BCUT2D eigenvalue weighted by atomic mass is 10.1. The van der Waals surface area contributed by atoms with E-state index in [1.807, 2.05) is 38.1 Å². The smallest absolute Gasteiger partial charge is 0.132 e. The van der Waals surface area contributed by atoms with Crippen LogP contribution >= 0.6 is 0 Å². The van der Waals surface area contributed by atoms with E-state index in [1.165, 1.54) is 0 Å². The molecule has 0 saturated carbocycles. The third kappa shape index (κ3) is 3.54. The number of H-pyrrole nitrogens is 1. The average Bonchev–Trinajstić information content (AvgIpc) is 3.08. The molecule has 1 fully saturated rings. The highest BCUT2D eigenvalue weighted by Crippen LogP contribution is 2.30. The lowest BCUT2D eigenvalue weighted by molar-refractivity contribution is 0.169. The number of nitrogens with one attached hydrogen (secondary N) is 1. The fourth-order valence-corrected chi connectivity index (χ4v) is 3.77. The molecule has 2 aromatic heterocycles. The number of likely N-dealkylation sites (N-methyl/N-ethyl adjacent to an activating group) is 1. The molecular weight excluding hydrogens is 352 g/mol. The number of hydrogen-bond donors (Lipinski definition) is 1. The van der Waals surface area contributed by atoms with Crippen molar-refractivity contribution in [3.05, 3.63) is 30.6 Å². The summed E-state index contributed by atoms with van der Waals surface area (Å²) in [5.74, 6) is 1.78. The number of nitrogens with zero attached hydrogens (tertiary/aromatic N) is 5. The second kappa shape index (κ2) is 7.39. The van der Waals surface area contributed by atoms with E-state index in [-0.39, 0.29) is 6.10 Å². The van der Waals surface area contributed by atoms with Crippen LogP contribution in [0.25, 0.3) is 22.3 Å². The summed E-state index contributed by atoms with van der Waals surface area (Å²) in [5.41, 5.74) is 2.60. The van der Waals surface area contributed by atoms with Gasteiger partial charge in [-0.1, -0.05) is 0 Å². The van der Waals surface area contributed by atoms with Gasteiger partial charge in [0.25, 0.3) is 0 Å². The molecule has 0 bridgehead atoms. The maximum Gasteiger partial charge on any atom is 0.132 e. The van der Waals surface area contributed by atoms with Gasteiger partial charge in [0.05, 0.1) is 17.3 Å². The standard InChI is InChI=1S/C21H28N6O/c1-13(2)28-16-6-7-18-17(8-16)21(25-24-18)19-9-20(23-12-22-19)27-10-14(3)26(5)15(4)11-27/h6-9,12-15H,10-11H2,1-5H3,(H,24,25)/t14-,15+. The molecule has 7 heteroatoms. The molecule has 1 aliphatic heterocycles. The molecule has 1 aliphatic rings. The van der Waals surface area contributed by atoms with Crippen LogP contribution in [0.3, 0.4) is 0 Å². The number of ether oxygens (including phenoxy) is 1. The summed E-state index contributed by atoms with van der Waals surface area (Å²) in [6.07, 6.45) is 1.76. The zero-order valence-corrected chi connectivity index (χ0v) is 17.2. The van der Waals surface area contributed by atoms with Crippen molar-refractivity contribution in [1.82, 2.24) is 25.1 Å². The van der Waals surface area contributed by atoms with E-state index < -0.39 is 0 Å². The van der Waals surface area contributed by atoms with E-state index in [9.17, 15) is 0 Å². The summed E-state index contributed by atoms with van der Waals surface area (Å²) >= 11 is 0. The van der Waals surface area contributed by atoms with Crippen molar-refractivity contribution >= 4 is 16.7 Å². The highest BCUT2D eigenvalue weighted by molar-refractivity contribution is 5.93. The highest BCUT2D eigenvalue weighted by Gasteiger charge is 2.27. The number of piperazine rings is 1. The average molecular weight is 380 g/mol. The van der Waals surface area contributed by atoms with Crippen molar-refractivity contribution in [2.45, 2.75) is 45.9 Å². The van der Waals surface area contributed by atoms with Gasteiger partial charge >= 0.3 is 0 Å². The molecule has 3 aromatic rings. The molecule has 0 amide bonds. The Morgan fingerprint density at radius 3 is 2.57 bits per heavy atom. The van der Waals surface area contributed by atoms with Crippen molar-refractivity contribution in [3.63, 3.8) is 0 Å². The molecule has 7 nitrogen and oxygen atoms in total. The molecule has 148 valence electrons. The molecule has 1 aromatic carbocycles. The normalized spacial score (nSPS) is 20.9. The zero-order valence-electron chi connectivity index (χ0n) is 17.2. The van der Waals surface area contributed by atoms with E-state index in [0.717, 1.165) is 46.9 Å². The molecule has 0 aliphatic carbocycles. The largest absolute Gasteiger partial charge is 0.491 e. The SMILES string of the molecule is CC(C)Oc1ccc2[nH]nc(-c3cc(N4C[C@@H](C)N(C)[C@@H](C)C4)ncn3)c2c1. The molecule has 3 heterocycles. The number of aromatic nitrogens is 4. The molecule has 1 N–H and O–H groups in total.